The fourth-order valence-corrected chi connectivity index (χ4v) is 4.79. The fraction of sp³-hybridized carbons (Fsp3) is 0.611. The van der Waals surface area contributed by atoms with E-state index in [9.17, 15) is 23.3 Å². The Morgan fingerprint density at radius 2 is 1.93 bits per heavy atom. The average Bonchev–Trinajstić information content (AvgIpc) is 3.14. The van der Waals surface area contributed by atoms with Crippen LogP contribution in [0.4, 0.5) is 5.69 Å². The molecule has 0 N–H and O–H groups in total. The highest BCUT2D eigenvalue weighted by Gasteiger charge is 2.35. The predicted molar refractivity (Wildman–Crippen MR) is 104 cm³/mol. The Morgan fingerprint density at radius 3 is 2.57 bits per heavy atom. The molecule has 1 amide bonds. The van der Waals surface area contributed by atoms with E-state index in [0.717, 1.165) is 25.9 Å². The molecule has 9 nitrogen and oxygen atoms in total. The van der Waals surface area contributed by atoms with Crippen LogP contribution in [0.3, 0.4) is 0 Å². The maximum absolute atomic E-state index is 13.0. The van der Waals surface area contributed by atoms with Crippen molar-refractivity contribution in [2.24, 2.45) is 0 Å². The first-order chi connectivity index (χ1) is 13.2. The van der Waals surface area contributed by atoms with Gasteiger partial charge < -0.3 is 9.80 Å². The molecule has 0 aromatic heterocycles. The molecule has 1 aromatic carbocycles. The number of likely N-dealkylation sites (tertiary alicyclic amines) is 1. The van der Waals surface area contributed by atoms with E-state index in [2.05, 4.69) is 4.90 Å². The summed E-state index contributed by atoms with van der Waals surface area (Å²) in [5, 5.41) is 11.0. The summed E-state index contributed by atoms with van der Waals surface area (Å²) in [6, 6.07) is 5.87. The Morgan fingerprint density at radius 1 is 1.21 bits per heavy atom. The number of nitro benzene ring substituents is 1. The summed E-state index contributed by atoms with van der Waals surface area (Å²) in [4.78, 5) is 27.5. The number of amides is 1. The summed E-state index contributed by atoms with van der Waals surface area (Å²) in [5.41, 5.74) is 0.547. The zero-order valence-electron chi connectivity index (χ0n) is 16.0. The van der Waals surface area contributed by atoms with Gasteiger partial charge in [0.05, 0.1) is 23.6 Å². The summed E-state index contributed by atoms with van der Waals surface area (Å²) in [7, 11) is -3.31. The number of hydrogen-bond acceptors (Lipinski definition) is 6. The largest absolute Gasteiger partial charge is 0.335 e. The van der Waals surface area contributed by atoms with E-state index in [1.54, 1.807) is 17.0 Å². The number of sulfonamides is 1. The number of rotatable bonds is 6. The summed E-state index contributed by atoms with van der Waals surface area (Å²) in [6.07, 6.45) is 3.49. The van der Waals surface area contributed by atoms with Gasteiger partial charge in [-0.3, -0.25) is 14.9 Å². The normalized spacial score (nSPS) is 21.8. The van der Waals surface area contributed by atoms with Gasteiger partial charge >= 0.3 is 0 Å². The van der Waals surface area contributed by atoms with E-state index in [1.807, 2.05) is 0 Å². The Hall–Kier alpha value is -2.04. The van der Waals surface area contributed by atoms with Crippen LogP contribution in [0.5, 0.6) is 0 Å². The first kappa shape index (κ1) is 20.7. The maximum atomic E-state index is 13.0. The number of hydrogen-bond donors (Lipinski definition) is 0. The van der Waals surface area contributed by atoms with Crippen molar-refractivity contribution in [1.82, 2.24) is 14.1 Å². The zero-order valence-corrected chi connectivity index (χ0v) is 16.8. The molecule has 2 aliphatic heterocycles. The van der Waals surface area contributed by atoms with Crippen LogP contribution >= 0.6 is 0 Å². The number of piperazine rings is 1. The Kier molecular flexibility index (Phi) is 6.31. The number of non-ortho nitro benzene ring substituents is 1. The molecule has 0 spiro atoms. The molecule has 1 aromatic rings. The highest BCUT2D eigenvalue weighted by atomic mass is 32.2. The first-order valence-corrected chi connectivity index (χ1v) is 11.3. The number of benzene rings is 1. The van der Waals surface area contributed by atoms with Gasteiger partial charge in [0, 0.05) is 38.3 Å². The lowest BCUT2D eigenvalue weighted by Gasteiger charge is -2.42. The molecule has 0 radical (unpaired) electrons. The van der Waals surface area contributed by atoms with Gasteiger partial charge in [-0.25, -0.2) is 8.42 Å². The van der Waals surface area contributed by atoms with Crippen molar-refractivity contribution in [2.45, 2.75) is 25.3 Å². The summed E-state index contributed by atoms with van der Waals surface area (Å²) >= 11 is 0. The first-order valence-electron chi connectivity index (χ1n) is 9.44. The van der Waals surface area contributed by atoms with Gasteiger partial charge in [-0.15, -0.1) is 0 Å². The van der Waals surface area contributed by atoms with Crippen molar-refractivity contribution < 1.29 is 18.1 Å². The lowest BCUT2D eigenvalue weighted by molar-refractivity contribution is -0.384. The van der Waals surface area contributed by atoms with E-state index < -0.39 is 14.9 Å². The fourth-order valence-electron chi connectivity index (χ4n) is 3.93. The molecule has 2 fully saturated rings. The molecular weight excluding hydrogens is 384 g/mol. The molecule has 2 saturated heterocycles. The molecule has 0 bridgehead atoms. The second-order valence-electron chi connectivity index (χ2n) is 7.47. The molecule has 10 heteroatoms. The number of nitro groups is 1. The van der Waals surface area contributed by atoms with Crippen molar-refractivity contribution in [2.75, 3.05) is 45.5 Å². The molecule has 2 aliphatic rings. The van der Waals surface area contributed by atoms with Gasteiger partial charge in [0.25, 0.3) is 5.69 Å². The summed E-state index contributed by atoms with van der Waals surface area (Å²) in [6.45, 7) is 3.46. The summed E-state index contributed by atoms with van der Waals surface area (Å²) in [5.74, 6) is -0.127. The third kappa shape index (κ3) is 5.06. The van der Waals surface area contributed by atoms with Crippen LogP contribution in [0.1, 0.15) is 18.4 Å². The quantitative estimate of drug-likeness (QED) is 0.505. The minimum Gasteiger partial charge on any atom is -0.335 e. The van der Waals surface area contributed by atoms with Crippen molar-refractivity contribution in [3.63, 3.8) is 0 Å². The SMILES string of the molecule is CS(=O)(=O)N1CCN(C(=O)Cc2cccc([N+](=O)[O-])c2)[C@H](CN2CCCC2)C1. The molecule has 0 unspecified atom stereocenters. The molecule has 28 heavy (non-hydrogen) atoms. The standard InChI is InChI=1S/C18H26N4O5S/c1-28(26,27)20-9-10-21(17(14-20)13-19-7-2-3-8-19)18(23)12-15-5-4-6-16(11-15)22(24)25/h4-6,11,17H,2-3,7-10,12-14H2,1H3/t17-/m1/s1. The molecule has 3 rings (SSSR count). The Bertz CT molecular complexity index is 838. The lowest BCUT2D eigenvalue weighted by atomic mass is 10.1. The van der Waals surface area contributed by atoms with Crippen molar-refractivity contribution in [1.29, 1.82) is 0 Å². The molecule has 0 aliphatic carbocycles. The van der Waals surface area contributed by atoms with Gasteiger partial charge in [0.2, 0.25) is 15.9 Å². The van der Waals surface area contributed by atoms with Gasteiger partial charge in [-0.1, -0.05) is 12.1 Å². The Labute approximate surface area is 165 Å². The van der Waals surface area contributed by atoms with E-state index in [-0.39, 0.29) is 37.1 Å². The van der Waals surface area contributed by atoms with E-state index in [4.69, 9.17) is 0 Å². The van der Waals surface area contributed by atoms with Crippen molar-refractivity contribution >= 4 is 21.6 Å². The summed E-state index contributed by atoms with van der Waals surface area (Å²) < 4.78 is 25.4. The minimum atomic E-state index is -3.31. The van der Waals surface area contributed by atoms with Gasteiger partial charge in [0.15, 0.2) is 0 Å². The predicted octanol–water partition coefficient (Wildman–Crippen LogP) is 0.706. The number of carbonyl (C=O) groups excluding carboxylic acids is 1. The smallest absolute Gasteiger partial charge is 0.269 e. The van der Waals surface area contributed by atoms with Gasteiger partial charge in [0.1, 0.15) is 0 Å². The Balaban J connectivity index is 1.74. The zero-order chi connectivity index (χ0) is 20.3. The third-order valence-corrected chi connectivity index (χ3v) is 6.65. The van der Waals surface area contributed by atoms with Gasteiger partial charge in [-0.2, -0.15) is 4.31 Å². The third-order valence-electron chi connectivity index (χ3n) is 5.38. The topological polar surface area (TPSA) is 104 Å². The molecule has 0 saturated carbocycles. The van der Waals surface area contributed by atoms with E-state index in [0.29, 0.717) is 18.7 Å². The van der Waals surface area contributed by atoms with Crippen LogP contribution < -0.4 is 0 Å². The lowest BCUT2D eigenvalue weighted by Crippen LogP contribution is -2.59. The van der Waals surface area contributed by atoms with Gasteiger partial charge in [-0.05, 0) is 31.5 Å². The number of carbonyl (C=O) groups is 1. The molecule has 2 heterocycles. The van der Waals surface area contributed by atoms with Crippen LogP contribution in [0.25, 0.3) is 0 Å². The molecule has 1 atom stereocenters. The van der Waals surface area contributed by atoms with Crippen LogP contribution in [0.15, 0.2) is 24.3 Å². The molecular formula is C18H26N4O5S. The minimum absolute atomic E-state index is 0.0409. The van der Waals surface area contributed by atoms with Crippen LogP contribution in [-0.2, 0) is 21.2 Å². The number of nitrogens with zero attached hydrogens (tertiary/aromatic N) is 4. The maximum Gasteiger partial charge on any atom is 0.269 e. The second kappa shape index (κ2) is 8.54. The molecule has 154 valence electrons. The van der Waals surface area contributed by atoms with Crippen LogP contribution in [-0.4, -0.2) is 84.9 Å². The van der Waals surface area contributed by atoms with Crippen molar-refractivity contribution in [3.05, 3.63) is 39.9 Å². The van der Waals surface area contributed by atoms with E-state index in [1.165, 1.54) is 22.7 Å². The average molecular weight is 410 g/mol. The second-order valence-corrected chi connectivity index (χ2v) is 9.46. The highest BCUT2D eigenvalue weighted by Crippen LogP contribution is 2.19. The highest BCUT2D eigenvalue weighted by molar-refractivity contribution is 7.88. The monoisotopic (exact) mass is 410 g/mol. The van der Waals surface area contributed by atoms with Crippen molar-refractivity contribution in [3.8, 4) is 0 Å². The van der Waals surface area contributed by atoms with E-state index >= 15 is 0 Å². The van der Waals surface area contributed by atoms with Crippen LogP contribution in [0.2, 0.25) is 0 Å². The van der Waals surface area contributed by atoms with Crippen LogP contribution in [0, 0.1) is 10.1 Å².